The number of hydrogen-bond donors (Lipinski definition) is 1. The van der Waals surface area contributed by atoms with Gasteiger partial charge in [0.25, 0.3) is 0 Å². The summed E-state index contributed by atoms with van der Waals surface area (Å²) in [6.45, 7) is 2.84. The third-order valence-electron chi connectivity index (χ3n) is 3.97. The van der Waals surface area contributed by atoms with Gasteiger partial charge >= 0.3 is 0 Å². The lowest BCUT2D eigenvalue weighted by atomic mass is 10.1. The summed E-state index contributed by atoms with van der Waals surface area (Å²) >= 11 is 0. The van der Waals surface area contributed by atoms with Crippen LogP contribution in [0.2, 0.25) is 0 Å². The number of benzene rings is 3. The minimum atomic E-state index is -3.54. The molecule has 0 saturated carbocycles. The van der Waals surface area contributed by atoms with Crippen molar-refractivity contribution in [2.45, 2.75) is 18.4 Å². The van der Waals surface area contributed by atoms with Crippen molar-refractivity contribution in [3.63, 3.8) is 0 Å². The van der Waals surface area contributed by atoms with Crippen molar-refractivity contribution in [1.29, 1.82) is 0 Å². The van der Waals surface area contributed by atoms with E-state index < -0.39 is 10.0 Å². The zero-order valence-electron chi connectivity index (χ0n) is 14.6. The molecule has 0 spiro atoms. The van der Waals surface area contributed by atoms with E-state index >= 15 is 0 Å². The van der Waals surface area contributed by atoms with E-state index in [1.165, 1.54) is 0 Å². The van der Waals surface area contributed by atoms with Gasteiger partial charge in [-0.1, -0.05) is 54.6 Å². The lowest BCUT2D eigenvalue weighted by molar-refractivity contribution is 0.340. The van der Waals surface area contributed by atoms with Gasteiger partial charge in [0, 0.05) is 6.54 Å². The summed E-state index contributed by atoms with van der Waals surface area (Å²) in [4.78, 5) is 0.253. The van der Waals surface area contributed by atoms with Crippen molar-refractivity contribution >= 4 is 10.0 Å². The molecule has 0 bridgehead atoms. The number of nitrogens with one attached hydrogen (secondary N) is 1. The van der Waals surface area contributed by atoms with Crippen LogP contribution in [0.25, 0.3) is 11.1 Å². The molecule has 0 aromatic heterocycles. The predicted molar refractivity (Wildman–Crippen MR) is 104 cm³/mol. The molecule has 1 N–H and O–H groups in total. The Bertz CT molecular complexity index is 935. The Hall–Kier alpha value is -2.63. The molecule has 3 rings (SSSR count). The van der Waals surface area contributed by atoms with Gasteiger partial charge in [-0.2, -0.15) is 0 Å². The summed E-state index contributed by atoms with van der Waals surface area (Å²) in [6, 6.07) is 24.1. The molecule has 0 aliphatic heterocycles. The Kier molecular flexibility index (Phi) is 5.71. The smallest absolute Gasteiger partial charge is 0.240 e. The molecule has 3 aromatic carbocycles. The normalized spacial score (nSPS) is 11.3. The van der Waals surface area contributed by atoms with E-state index in [0.29, 0.717) is 6.61 Å². The van der Waals surface area contributed by atoms with Crippen molar-refractivity contribution in [2.75, 3.05) is 6.61 Å². The number of rotatable bonds is 7. The lowest BCUT2D eigenvalue weighted by Gasteiger charge is -2.09. The quantitative estimate of drug-likeness (QED) is 0.680. The van der Waals surface area contributed by atoms with E-state index in [0.717, 1.165) is 22.4 Å². The fraction of sp³-hybridized carbons (Fsp3) is 0.143. The van der Waals surface area contributed by atoms with Crippen LogP contribution in [-0.4, -0.2) is 15.0 Å². The van der Waals surface area contributed by atoms with Crippen molar-refractivity contribution in [3.8, 4) is 16.9 Å². The fourth-order valence-electron chi connectivity index (χ4n) is 2.59. The molecule has 0 unspecified atom stereocenters. The average molecular weight is 367 g/mol. The first-order valence-corrected chi connectivity index (χ1v) is 9.94. The number of ether oxygens (including phenoxy) is 1. The molecular weight excluding hydrogens is 346 g/mol. The molecule has 0 radical (unpaired) electrons. The number of hydrogen-bond acceptors (Lipinski definition) is 3. The van der Waals surface area contributed by atoms with Crippen LogP contribution in [-0.2, 0) is 16.6 Å². The van der Waals surface area contributed by atoms with Crippen LogP contribution < -0.4 is 9.46 Å². The molecule has 4 nitrogen and oxygen atoms in total. The third kappa shape index (κ3) is 4.50. The van der Waals surface area contributed by atoms with E-state index in [4.69, 9.17) is 4.74 Å². The van der Waals surface area contributed by atoms with Crippen LogP contribution >= 0.6 is 0 Å². The highest BCUT2D eigenvalue weighted by atomic mass is 32.2. The zero-order valence-corrected chi connectivity index (χ0v) is 15.4. The monoisotopic (exact) mass is 367 g/mol. The summed E-state index contributed by atoms with van der Waals surface area (Å²) in [5.74, 6) is 0.820. The first-order chi connectivity index (χ1) is 12.6. The van der Waals surface area contributed by atoms with Crippen LogP contribution in [0.15, 0.2) is 83.8 Å². The Morgan fingerprint density at radius 3 is 1.96 bits per heavy atom. The van der Waals surface area contributed by atoms with Crippen LogP contribution in [0.4, 0.5) is 0 Å². The molecule has 0 heterocycles. The number of sulfonamides is 1. The lowest BCUT2D eigenvalue weighted by Crippen LogP contribution is -2.23. The van der Waals surface area contributed by atoms with E-state index in [1.54, 1.807) is 12.1 Å². The average Bonchev–Trinajstić information content (AvgIpc) is 2.68. The third-order valence-corrected chi connectivity index (χ3v) is 5.39. The summed E-state index contributed by atoms with van der Waals surface area (Å²) in [6.07, 6.45) is 0. The summed E-state index contributed by atoms with van der Waals surface area (Å²) in [5.41, 5.74) is 2.88. The maximum atomic E-state index is 12.4. The standard InChI is InChI=1S/C21H21NO3S/c1-2-25-20-12-8-18(9-13-20)19-10-14-21(15-11-19)26(23,24)22-16-17-6-4-3-5-7-17/h3-15,22H,2,16H2,1H3. The van der Waals surface area contributed by atoms with E-state index in [2.05, 4.69) is 4.72 Å². The van der Waals surface area contributed by atoms with Gasteiger partial charge in [-0.3, -0.25) is 0 Å². The Labute approximate surface area is 154 Å². The molecule has 5 heteroatoms. The molecule has 0 fully saturated rings. The molecule has 0 atom stereocenters. The highest BCUT2D eigenvalue weighted by Crippen LogP contribution is 2.24. The zero-order chi connectivity index (χ0) is 18.4. The topological polar surface area (TPSA) is 55.4 Å². The van der Waals surface area contributed by atoms with Gasteiger partial charge in [0.05, 0.1) is 11.5 Å². The van der Waals surface area contributed by atoms with Gasteiger partial charge in [0.1, 0.15) is 5.75 Å². The van der Waals surface area contributed by atoms with E-state index in [-0.39, 0.29) is 11.4 Å². The van der Waals surface area contributed by atoms with Crippen molar-refractivity contribution < 1.29 is 13.2 Å². The molecule has 0 saturated heterocycles. The van der Waals surface area contributed by atoms with Gasteiger partial charge in [-0.25, -0.2) is 13.1 Å². The fourth-order valence-corrected chi connectivity index (χ4v) is 3.61. The van der Waals surface area contributed by atoms with E-state index in [9.17, 15) is 8.42 Å². The van der Waals surface area contributed by atoms with Gasteiger partial charge in [0.15, 0.2) is 0 Å². The van der Waals surface area contributed by atoms with Crippen LogP contribution in [0, 0.1) is 0 Å². The van der Waals surface area contributed by atoms with Crippen LogP contribution in [0.3, 0.4) is 0 Å². The van der Waals surface area contributed by atoms with Crippen LogP contribution in [0.5, 0.6) is 5.75 Å². The Balaban J connectivity index is 1.71. The van der Waals surface area contributed by atoms with Crippen molar-refractivity contribution in [2.24, 2.45) is 0 Å². The minimum absolute atomic E-state index is 0.253. The molecule has 134 valence electrons. The van der Waals surface area contributed by atoms with Gasteiger partial charge in [-0.05, 0) is 47.9 Å². The Morgan fingerprint density at radius 2 is 1.38 bits per heavy atom. The van der Waals surface area contributed by atoms with Crippen molar-refractivity contribution in [1.82, 2.24) is 4.72 Å². The van der Waals surface area contributed by atoms with Gasteiger partial charge in [0.2, 0.25) is 10.0 Å². The van der Waals surface area contributed by atoms with Crippen molar-refractivity contribution in [3.05, 3.63) is 84.4 Å². The Morgan fingerprint density at radius 1 is 0.808 bits per heavy atom. The molecule has 26 heavy (non-hydrogen) atoms. The summed E-state index contributed by atoms with van der Waals surface area (Å²) in [7, 11) is -3.54. The first-order valence-electron chi connectivity index (χ1n) is 8.45. The summed E-state index contributed by atoms with van der Waals surface area (Å²) in [5, 5.41) is 0. The molecule has 0 aliphatic rings. The van der Waals surface area contributed by atoms with Gasteiger partial charge in [-0.15, -0.1) is 0 Å². The maximum Gasteiger partial charge on any atom is 0.240 e. The molecule has 0 amide bonds. The largest absolute Gasteiger partial charge is 0.494 e. The van der Waals surface area contributed by atoms with Crippen LogP contribution in [0.1, 0.15) is 12.5 Å². The summed E-state index contributed by atoms with van der Waals surface area (Å²) < 4.78 is 32.9. The maximum absolute atomic E-state index is 12.4. The minimum Gasteiger partial charge on any atom is -0.494 e. The second kappa shape index (κ2) is 8.17. The first kappa shape index (κ1) is 18.2. The predicted octanol–water partition coefficient (Wildman–Crippen LogP) is 4.23. The second-order valence-electron chi connectivity index (χ2n) is 5.79. The highest BCUT2D eigenvalue weighted by molar-refractivity contribution is 7.89. The molecule has 0 aliphatic carbocycles. The van der Waals surface area contributed by atoms with E-state index in [1.807, 2.05) is 73.7 Å². The highest BCUT2D eigenvalue weighted by Gasteiger charge is 2.13. The molecular formula is C21H21NO3S. The second-order valence-corrected chi connectivity index (χ2v) is 7.56. The SMILES string of the molecule is CCOc1ccc(-c2ccc(S(=O)(=O)NCc3ccccc3)cc2)cc1. The van der Waals surface area contributed by atoms with Gasteiger partial charge < -0.3 is 4.74 Å². The molecule has 3 aromatic rings.